The minimum atomic E-state index is -2.31. The topological polar surface area (TPSA) is 68.3 Å². The molecule has 18 heavy (non-hydrogen) atoms. The molecule has 0 saturated heterocycles. The number of carbonyl (C=O) groups excluding carboxylic acids is 1. The van der Waals surface area contributed by atoms with Crippen molar-refractivity contribution in [1.29, 1.82) is 0 Å². The summed E-state index contributed by atoms with van der Waals surface area (Å²) >= 11 is 0. The first kappa shape index (κ1) is 14.7. The summed E-state index contributed by atoms with van der Waals surface area (Å²) in [5.74, 6) is 0.376. The second kappa shape index (κ2) is 5.11. The zero-order valence-corrected chi connectivity index (χ0v) is 12.2. The predicted molar refractivity (Wildman–Crippen MR) is 73.2 cm³/mol. The van der Waals surface area contributed by atoms with E-state index in [1.807, 2.05) is 0 Å². The third-order valence-electron chi connectivity index (χ3n) is 2.00. The average molecular weight is 270 g/mol. The second-order valence-electron chi connectivity index (χ2n) is 5.38. The Bertz CT molecular complexity index is 471. The van der Waals surface area contributed by atoms with Crippen molar-refractivity contribution < 1.29 is 14.1 Å². The lowest BCUT2D eigenvalue weighted by atomic mass is 10.2. The van der Waals surface area contributed by atoms with E-state index in [2.05, 4.69) is 10.3 Å². The molecule has 100 valence electrons. The van der Waals surface area contributed by atoms with E-state index < -0.39 is 18.8 Å². The molecule has 0 atom stereocenters. The van der Waals surface area contributed by atoms with E-state index in [9.17, 15) is 9.36 Å². The van der Waals surface area contributed by atoms with Gasteiger partial charge in [-0.1, -0.05) is 0 Å². The van der Waals surface area contributed by atoms with Crippen LogP contribution >= 0.6 is 7.14 Å². The van der Waals surface area contributed by atoms with Gasteiger partial charge in [-0.3, -0.25) is 5.32 Å². The van der Waals surface area contributed by atoms with Gasteiger partial charge in [0.05, 0.1) is 0 Å². The molecule has 0 saturated carbocycles. The minimum Gasteiger partial charge on any atom is -0.444 e. The Morgan fingerprint density at radius 1 is 1.33 bits per heavy atom. The van der Waals surface area contributed by atoms with Gasteiger partial charge in [-0.15, -0.1) is 0 Å². The van der Waals surface area contributed by atoms with E-state index >= 15 is 0 Å². The molecular weight excluding hydrogens is 251 g/mol. The molecule has 1 N–H and O–H groups in total. The maximum atomic E-state index is 11.8. The third-order valence-corrected chi connectivity index (χ3v) is 3.51. The molecular formula is C12H19N2O3P. The highest BCUT2D eigenvalue weighted by Gasteiger charge is 2.17. The van der Waals surface area contributed by atoms with Crippen LogP contribution in [0.2, 0.25) is 0 Å². The number of hydrogen-bond donors (Lipinski definition) is 1. The molecule has 1 amide bonds. The van der Waals surface area contributed by atoms with Crippen LogP contribution in [0.25, 0.3) is 0 Å². The molecule has 1 aromatic rings. The van der Waals surface area contributed by atoms with Crippen LogP contribution in [0.3, 0.4) is 0 Å². The van der Waals surface area contributed by atoms with Gasteiger partial charge in [0, 0.05) is 11.5 Å². The van der Waals surface area contributed by atoms with Gasteiger partial charge in [-0.25, -0.2) is 9.78 Å². The van der Waals surface area contributed by atoms with Crippen molar-refractivity contribution in [2.45, 2.75) is 26.4 Å². The van der Waals surface area contributed by atoms with E-state index in [-0.39, 0.29) is 0 Å². The van der Waals surface area contributed by atoms with Crippen molar-refractivity contribution in [3.05, 3.63) is 18.3 Å². The summed E-state index contributed by atoms with van der Waals surface area (Å²) in [6, 6.07) is 3.30. The van der Waals surface area contributed by atoms with E-state index in [1.165, 1.54) is 6.20 Å². The minimum absolute atomic E-state index is 0.376. The van der Waals surface area contributed by atoms with Crippen molar-refractivity contribution in [2.24, 2.45) is 0 Å². The second-order valence-corrected chi connectivity index (χ2v) is 8.60. The molecule has 5 nitrogen and oxygen atoms in total. The summed E-state index contributed by atoms with van der Waals surface area (Å²) < 4.78 is 16.9. The number of pyridine rings is 1. The smallest absolute Gasteiger partial charge is 0.413 e. The first-order valence-electron chi connectivity index (χ1n) is 5.59. The van der Waals surface area contributed by atoms with Gasteiger partial charge in [0.15, 0.2) is 0 Å². The number of aromatic nitrogens is 1. The van der Waals surface area contributed by atoms with E-state index in [0.717, 1.165) is 0 Å². The number of nitrogens with zero attached hydrogens (tertiary/aromatic N) is 1. The first-order valence-corrected chi connectivity index (χ1v) is 8.20. The monoisotopic (exact) mass is 270 g/mol. The number of ether oxygens (including phenoxy) is 1. The molecule has 0 aliphatic heterocycles. The fourth-order valence-corrected chi connectivity index (χ4v) is 1.96. The van der Waals surface area contributed by atoms with Crippen LogP contribution < -0.4 is 10.6 Å². The highest BCUT2D eigenvalue weighted by Crippen LogP contribution is 2.34. The van der Waals surface area contributed by atoms with Crippen LogP contribution in [0.1, 0.15) is 20.8 Å². The van der Waals surface area contributed by atoms with Crippen molar-refractivity contribution in [1.82, 2.24) is 4.98 Å². The molecule has 0 bridgehead atoms. The first-order chi connectivity index (χ1) is 8.08. The van der Waals surface area contributed by atoms with Gasteiger partial charge in [0.25, 0.3) is 0 Å². The Kier molecular flexibility index (Phi) is 4.17. The zero-order chi connectivity index (χ0) is 14.0. The summed E-state index contributed by atoms with van der Waals surface area (Å²) in [5, 5.41) is 3.19. The molecule has 1 rings (SSSR count). The number of amides is 1. The lowest BCUT2D eigenvalue weighted by molar-refractivity contribution is 0.0635. The van der Waals surface area contributed by atoms with Crippen molar-refractivity contribution in [3.8, 4) is 0 Å². The Morgan fingerprint density at radius 2 is 1.94 bits per heavy atom. The maximum absolute atomic E-state index is 11.8. The summed E-state index contributed by atoms with van der Waals surface area (Å²) in [4.78, 5) is 15.5. The fourth-order valence-electron chi connectivity index (χ4n) is 1.19. The van der Waals surface area contributed by atoms with Crippen LogP contribution in [-0.4, -0.2) is 30.0 Å². The summed E-state index contributed by atoms with van der Waals surface area (Å²) in [6.07, 6.45) is 0.951. The molecule has 0 aliphatic rings. The van der Waals surface area contributed by atoms with Gasteiger partial charge < -0.3 is 9.30 Å². The van der Waals surface area contributed by atoms with Crippen molar-refractivity contribution in [2.75, 3.05) is 18.6 Å². The molecule has 1 heterocycles. The number of anilines is 1. The van der Waals surface area contributed by atoms with Gasteiger partial charge in [0.2, 0.25) is 0 Å². The van der Waals surface area contributed by atoms with Crippen LogP contribution in [0.5, 0.6) is 0 Å². The molecule has 0 aromatic carbocycles. The SMILES string of the molecule is CC(C)(C)OC(=O)Nc1ccc(P(C)(C)=O)cn1. The summed E-state index contributed by atoms with van der Waals surface area (Å²) in [5.41, 5.74) is -0.549. The van der Waals surface area contributed by atoms with Gasteiger partial charge in [-0.2, -0.15) is 0 Å². The van der Waals surface area contributed by atoms with Crippen molar-refractivity contribution >= 4 is 24.4 Å². The molecule has 6 heteroatoms. The zero-order valence-electron chi connectivity index (χ0n) is 11.4. The number of carbonyl (C=O) groups is 1. The van der Waals surface area contributed by atoms with Gasteiger partial charge in [0.1, 0.15) is 18.6 Å². The van der Waals surface area contributed by atoms with E-state index in [0.29, 0.717) is 11.1 Å². The Labute approximate surface area is 107 Å². The molecule has 0 fully saturated rings. The normalized spacial score (nSPS) is 12.1. The molecule has 0 spiro atoms. The molecule has 0 unspecified atom stereocenters. The molecule has 0 aliphatic carbocycles. The lowest BCUT2D eigenvalue weighted by Gasteiger charge is -2.19. The molecule has 1 aromatic heterocycles. The highest BCUT2D eigenvalue weighted by atomic mass is 31.2. The van der Waals surface area contributed by atoms with Crippen LogP contribution in [0.15, 0.2) is 18.3 Å². The molecule has 0 radical (unpaired) electrons. The predicted octanol–water partition coefficient (Wildman–Crippen LogP) is 2.68. The maximum Gasteiger partial charge on any atom is 0.413 e. The third kappa shape index (κ3) is 4.88. The van der Waals surface area contributed by atoms with Gasteiger partial charge >= 0.3 is 6.09 Å². The number of rotatable bonds is 2. The van der Waals surface area contributed by atoms with Crippen LogP contribution in [-0.2, 0) is 9.30 Å². The summed E-state index contributed by atoms with van der Waals surface area (Å²) in [7, 11) is -2.31. The fraction of sp³-hybridized carbons (Fsp3) is 0.500. The highest BCUT2D eigenvalue weighted by molar-refractivity contribution is 7.70. The number of hydrogen-bond acceptors (Lipinski definition) is 4. The Morgan fingerprint density at radius 3 is 2.33 bits per heavy atom. The lowest BCUT2D eigenvalue weighted by Crippen LogP contribution is -2.27. The van der Waals surface area contributed by atoms with Gasteiger partial charge in [-0.05, 0) is 46.2 Å². The Hall–Kier alpha value is -1.35. The van der Waals surface area contributed by atoms with Crippen LogP contribution in [0.4, 0.5) is 10.6 Å². The number of nitrogens with one attached hydrogen (secondary N) is 1. The van der Waals surface area contributed by atoms with Crippen LogP contribution in [0, 0.1) is 0 Å². The van der Waals surface area contributed by atoms with Crippen molar-refractivity contribution in [3.63, 3.8) is 0 Å². The quantitative estimate of drug-likeness (QED) is 0.839. The standard InChI is InChI=1S/C12H19N2O3P/c1-12(2,3)17-11(15)14-10-7-6-9(8-13-10)18(4,5)16/h6-8H,1-5H3,(H,13,14,15). The largest absolute Gasteiger partial charge is 0.444 e. The van der Waals surface area contributed by atoms with E-state index in [4.69, 9.17) is 4.74 Å². The summed E-state index contributed by atoms with van der Waals surface area (Å²) in [6.45, 7) is 8.70. The average Bonchev–Trinajstić information content (AvgIpc) is 2.13. The van der Waals surface area contributed by atoms with E-state index in [1.54, 1.807) is 46.2 Å². The Balaban J connectivity index is 2.70.